The van der Waals surface area contributed by atoms with E-state index in [9.17, 15) is 104 Å². The zero-order valence-corrected chi connectivity index (χ0v) is 62.5. The molecule has 10 rings (SSSR count). The van der Waals surface area contributed by atoms with Crippen LogP contribution in [0.5, 0.6) is 35.2 Å². The molecule has 3 atom stereocenters. The van der Waals surface area contributed by atoms with Gasteiger partial charge >= 0.3 is 36.9 Å². The Morgan fingerprint density at radius 1 is 0.447 bits per heavy atom. The molecule has 0 aliphatic heterocycles. The summed E-state index contributed by atoms with van der Waals surface area (Å²) in [5, 5.41) is 26.0. The molecule has 3 heterocycles. The van der Waals surface area contributed by atoms with Gasteiger partial charge in [-0.05, 0) is 180 Å². The van der Waals surface area contributed by atoms with Crippen LogP contribution < -0.4 is 25.4 Å². The van der Waals surface area contributed by atoms with Gasteiger partial charge in [0.15, 0.2) is 17.1 Å². The minimum Gasteiger partial charge on any atom is -0.508 e. The average Bonchev–Trinajstić information content (AvgIpc) is 1.53. The lowest BCUT2D eigenvalue weighted by Gasteiger charge is -2.15. The van der Waals surface area contributed by atoms with Gasteiger partial charge in [0.2, 0.25) is 0 Å². The topological polar surface area (TPSA) is 224 Å². The molecule has 0 fully saturated rings. The van der Waals surface area contributed by atoms with E-state index in [2.05, 4.69) is 37.5 Å². The molecule has 35 heteroatoms. The first-order valence-corrected chi connectivity index (χ1v) is 34.6. The maximum absolute atomic E-state index is 13.8. The Kier molecular flexibility index (Phi) is 31.9. The number of aromatic hydroxyl groups is 2. The number of benzene rings is 7. The van der Waals surface area contributed by atoms with Gasteiger partial charge < -0.3 is 48.9 Å². The van der Waals surface area contributed by atoms with E-state index in [4.69, 9.17) is 34.3 Å². The summed E-state index contributed by atoms with van der Waals surface area (Å²) in [4.78, 5) is 48.1. The van der Waals surface area contributed by atoms with Crippen LogP contribution in [0, 0.1) is 55.7 Å². The number of allylic oxidation sites excluding steroid dienone is 1. The zero-order valence-electron chi connectivity index (χ0n) is 61.8. The Morgan fingerprint density at radius 3 is 1.01 bits per heavy atom. The Balaban J connectivity index is 0.000000232. The summed E-state index contributed by atoms with van der Waals surface area (Å²) in [5.74, 6) is -7.08. The van der Waals surface area contributed by atoms with Crippen LogP contribution >= 0.6 is 11.6 Å². The highest BCUT2D eigenvalue weighted by Gasteiger charge is 2.38. The fourth-order valence-electron chi connectivity index (χ4n) is 10.6. The van der Waals surface area contributed by atoms with E-state index in [0.29, 0.717) is 24.8 Å². The van der Waals surface area contributed by atoms with Crippen molar-refractivity contribution >= 4 is 29.3 Å². The molecule has 3 amide bonds. The molecular formula is C79H73ClF18N6O10. The van der Waals surface area contributed by atoms with Crippen LogP contribution in [0.4, 0.5) is 79.0 Å². The summed E-state index contributed by atoms with van der Waals surface area (Å²) >= 11 is 5.46. The number of phenols is 2. The first kappa shape index (κ1) is 91.4. The molecule has 0 aliphatic carbocycles. The highest BCUT2D eigenvalue weighted by molar-refractivity contribution is 6.27. The molecule has 114 heavy (non-hydrogen) atoms. The van der Waals surface area contributed by atoms with Gasteiger partial charge in [-0.2, -0.15) is 67.6 Å². The second-order valence-electron chi connectivity index (χ2n) is 25.0. The number of halogens is 19. The Morgan fingerprint density at radius 2 is 0.719 bits per heavy atom. The smallest absolute Gasteiger partial charge is 0.416 e. The summed E-state index contributed by atoms with van der Waals surface area (Å²) in [6.45, 7) is 17.2. The molecule has 3 aromatic heterocycles. The van der Waals surface area contributed by atoms with E-state index in [1.165, 1.54) is 101 Å². The van der Waals surface area contributed by atoms with Crippen molar-refractivity contribution in [3.05, 3.63) is 276 Å². The van der Waals surface area contributed by atoms with Crippen molar-refractivity contribution in [3.63, 3.8) is 0 Å². The molecule has 16 nitrogen and oxygen atoms in total. The van der Waals surface area contributed by atoms with Crippen LogP contribution in [-0.4, -0.2) is 42.9 Å². The lowest BCUT2D eigenvalue weighted by molar-refractivity contribution is -0.139. The highest BCUT2D eigenvalue weighted by atomic mass is 35.5. The van der Waals surface area contributed by atoms with E-state index >= 15 is 0 Å². The largest absolute Gasteiger partial charge is 0.508 e. The van der Waals surface area contributed by atoms with Gasteiger partial charge in [-0.3, -0.25) is 14.4 Å². The number of alkyl halides is 12. The third-order valence-corrected chi connectivity index (χ3v) is 16.8. The van der Waals surface area contributed by atoms with Gasteiger partial charge in [0.1, 0.15) is 76.7 Å². The third kappa shape index (κ3) is 25.0. The zero-order chi connectivity index (χ0) is 85.1. The van der Waals surface area contributed by atoms with Crippen molar-refractivity contribution in [2.45, 2.75) is 150 Å². The van der Waals surface area contributed by atoms with Crippen LogP contribution in [0.25, 0.3) is 0 Å². The average molecular weight is 1640 g/mol. The molecule has 0 saturated heterocycles. The molecule has 0 bridgehead atoms. The lowest BCUT2D eigenvalue weighted by atomic mass is 10.0. The van der Waals surface area contributed by atoms with Gasteiger partial charge in [-0.15, -0.1) is 6.58 Å². The van der Waals surface area contributed by atoms with Crippen molar-refractivity contribution in [3.8, 4) is 35.2 Å². The fourth-order valence-corrected chi connectivity index (χ4v) is 10.7. The quantitative estimate of drug-likeness (QED) is 0.0334. The van der Waals surface area contributed by atoms with E-state index in [1.54, 1.807) is 27.7 Å². The number of nitrogens with zero attached hydrogens (tertiary/aromatic N) is 3. The second kappa shape index (κ2) is 39.8. The minimum absolute atomic E-state index is 0.00150. The number of ether oxygens (including phenoxy) is 2. The van der Waals surface area contributed by atoms with Gasteiger partial charge in [0, 0.05) is 38.9 Å². The predicted molar refractivity (Wildman–Crippen MR) is 381 cm³/mol. The summed E-state index contributed by atoms with van der Waals surface area (Å²) in [7, 11) is 0. The standard InChI is InChI=1S/2C23H21F5N2O3.C13H11ClF2N2O2.C10H11F3O.C10H9F3O/c2*1-4-6-15-16(23(26,27)28)7-5-8-20(15)33-22-30-19(11-32-22)21(31)29-13(3)14-9-17(24)12(2)18(25)10-14;1-6-9(15)3-8(4-10(6)16)7(2)17-12(19)11-5-20-13(14)18-11;2*1-2-4-7-8(10(11,12)13)5-3-6-9(7)14/h2*5,7-11,13H,4,6H2,1-3H3,(H,29,31);3-5,7H,1-2H3,(H,17,19);3,5-6,14H,2,4H2,1H3;2-3,5-6,14H,1,4H2/t2*13-;7-;;/m111../s1. The van der Waals surface area contributed by atoms with Crippen LogP contribution in [0.2, 0.25) is 5.35 Å². The van der Waals surface area contributed by atoms with Crippen LogP contribution in [0.1, 0.15) is 188 Å². The van der Waals surface area contributed by atoms with Gasteiger partial charge in [0.05, 0.1) is 40.4 Å². The fraction of sp³-hybridized carbons (Fsp3) is 0.291. The number of phenolic OH excluding ortho intramolecular Hbond substituents is 2. The van der Waals surface area contributed by atoms with Crippen LogP contribution in [-0.2, 0) is 50.4 Å². The number of amides is 3. The number of carbonyl (C=O) groups is 3. The summed E-state index contributed by atoms with van der Waals surface area (Å²) in [5.41, 5.74) is -3.46. The normalized spacial score (nSPS) is 12.2. The van der Waals surface area contributed by atoms with Gasteiger partial charge in [-0.1, -0.05) is 70.4 Å². The van der Waals surface area contributed by atoms with E-state index < -0.39 is 130 Å². The summed E-state index contributed by atoms with van der Waals surface area (Å²) in [6.07, 6.45) is -12.5. The van der Waals surface area contributed by atoms with E-state index in [1.807, 2.05) is 0 Å². The maximum atomic E-state index is 13.8. The predicted octanol–water partition coefficient (Wildman–Crippen LogP) is 22.9. The molecule has 7 aromatic carbocycles. The van der Waals surface area contributed by atoms with Crippen LogP contribution in [0.3, 0.4) is 0 Å². The number of nitrogens with one attached hydrogen (secondary N) is 3. The summed E-state index contributed by atoms with van der Waals surface area (Å²) < 4.78 is 262. The number of hydrogen-bond donors (Lipinski definition) is 5. The number of hydrogen-bond acceptors (Lipinski definition) is 13. The molecule has 0 aliphatic rings. The van der Waals surface area contributed by atoms with Crippen molar-refractivity contribution in [1.82, 2.24) is 30.9 Å². The van der Waals surface area contributed by atoms with Crippen molar-refractivity contribution in [2.75, 3.05) is 0 Å². The molecule has 0 radical (unpaired) electrons. The maximum Gasteiger partial charge on any atom is 0.416 e. The number of rotatable bonds is 21. The van der Waals surface area contributed by atoms with E-state index in [0.717, 1.165) is 67.3 Å². The SMILES string of the molecule is C=CCc1c(O)cccc1C(F)(F)F.CCCc1c(O)cccc1C(F)(F)F.CCCc1c(Oc2nc(C(=O)N[C@H](C)c3cc(F)c(C)c(F)c3)co2)cccc1C(F)(F)F.CCCc1c(Oc2nc(C(=O)N[C@H](C)c3cc(F)c(C)c(F)c3)co2)cccc1C(F)(F)F.Cc1c(F)cc([C@@H](C)NC(=O)c2coc(Cl)n2)cc1F. The number of oxazole rings is 3. The summed E-state index contributed by atoms with van der Waals surface area (Å²) in [6, 6.07) is 18.6. The molecule has 0 saturated carbocycles. The van der Waals surface area contributed by atoms with E-state index in [-0.39, 0.29) is 121 Å². The molecule has 10 aromatic rings. The monoisotopic (exact) mass is 1640 g/mol. The molecule has 5 N–H and O–H groups in total. The molecule has 612 valence electrons. The van der Waals surface area contributed by atoms with Gasteiger partial charge in [0.25, 0.3) is 23.1 Å². The van der Waals surface area contributed by atoms with Crippen LogP contribution in [0.15, 0.2) is 154 Å². The number of carbonyl (C=O) groups excluding carboxylic acids is 3. The molecule has 0 unspecified atom stereocenters. The Labute approximate surface area is 645 Å². The molecule has 0 spiro atoms. The van der Waals surface area contributed by atoms with Gasteiger partial charge in [-0.25, -0.2) is 26.3 Å². The Hall–Kier alpha value is -11.5. The number of aromatic nitrogens is 3. The Bertz CT molecular complexity index is 4730. The lowest BCUT2D eigenvalue weighted by Crippen LogP contribution is -2.27. The first-order chi connectivity index (χ1) is 53.3. The minimum atomic E-state index is -4.56. The van der Waals surface area contributed by atoms with Crippen molar-refractivity contribution in [1.29, 1.82) is 0 Å². The second-order valence-corrected chi connectivity index (χ2v) is 25.3. The third-order valence-electron chi connectivity index (χ3n) is 16.6. The van der Waals surface area contributed by atoms with Crippen molar-refractivity contribution in [2.24, 2.45) is 0 Å². The highest BCUT2D eigenvalue weighted by Crippen LogP contribution is 2.42. The van der Waals surface area contributed by atoms with Crippen molar-refractivity contribution < 1.29 is 126 Å². The molecular weight excluding hydrogens is 1570 g/mol. The first-order valence-electron chi connectivity index (χ1n) is 34.3.